The van der Waals surface area contributed by atoms with Gasteiger partial charge in [-0.3, -0.25) is 9.59 Å². The number of nitrogens with one attached hydrogen (secondary N) is 1. The van der Waals surface area contributed by atoms with Gasteiger partial charge in [-0.25, -0.2) is 4.98 Å². The number of rotatable bonds is 5. The number of carbonyl (C=O) groups excluding carboxylic acids is 2. The fraction of sp³-hybridized carbons (Fsp3) is 0.450. The number of fused-ring (bicyclic) bond motifs is 1. The van der Waals surface area contributed by atoms with Crippen LogP contribution in [0.15, 0.2) is 23.7 Å². The monoisotopic (exact) mass is 437 g/mol. The Morgan fingerprint density at radius 2 is 2.00 bits per heavy atom. The Morgan fingerprint density at radius 3 is 2.71 bits per heavy atom. The maximum atomic E-state index is 13.1. The molecule has 0 spiro atoms. The van der Waals surface area contributed by atoms with Crippen LogP contribution in [0.2, 0.25) is 10.0 Å². The van der Waals surface area contributed by atoms with Crippen molar-refractivity contribution < 1.29 is 9.59 Å². The van der Waals surface area contributed by atoms with Gasteiger partial charge in [-0.15, -0.1) is 11.3 Å². The van der Waals surface area contributed by atoms with Crippen LogP contribution < -0.4 is 5.32 Å². The third-order valence-electron chi connectivity index (χ3n) is 5.60. The lowest BCUT2D eigenvalue weighted by atomic mass is 9.84. The van der Waals surface area contributed by atoms with Crippen molar-refractivity contribution in [1.29, 1.82) is 0 Å². The summed E-state index contributed by atoms with van der Waals surface area (Å²) in [6.07, 6.45) is 8.14. The molecule has 1 aliphatic heterocycles. The lowest BCUT2D eigenvalue weighted by molar-refractivity contribution is -0.121. The summed E-state index contributed by atoms with van der Waals surface area (Å²) in [5.41, 5.74) is 1.35. The third-order valence-corrected chi connectivity index (χ3v) is 7.01. The summed E-state index contributed by atoms with van der Waals surface area (Å²) < 4.78 is 0. The van der Waals surface area contributed by atoms with Crippen molar-refractivity contribution in [2.75, 3.05) is 5.32 Å². The van der Waals surface area contributed by atoms with E-state index in [0.29, 0.717) is 39.6 Å². The first-order valence-electron chi connectivity index (χ1n) is 9.52. The summed E-state index contributed by atoms with van der Waals surface area (Å²) in [5, 5.41) is 6.02. The predicted octanol–water partition coefficient (Wildman–Crippen LogP) is 5.38. The Kier molecular flexibility index (Phi) is 5.90. The lowest BCUT2D eigenvalue weighted by Crippen LogP contribution is -2.45. The van der Waals surface area contributed by atoms with Gasteiger partial charge in [-0.05, 0) is 30.0 Å². The molecular formula is C20H21Cl2N3O2S. The van der Waals surface area contributed by atoms with Gasteiger partial charge in [0.05, 0.1) is 10.0 Å². The fourth-order valence-corrected chi connectivity index (χ4v) is 5.05. The van der Waals surface area contributed by atoms with Crippen molar-refractivity contribution >= 4 is 51.5 Å². The number of halogens is 2. The highest BCUT2D eigenvalue weighted by atomic mass is 35.5. The lowest BCUT2D eigenvalue weighted by Gasteiger charge is -2.31. The molecular weight excluding hydrogens is 417 g/mol. The number of amides is 2. The summed E-state index contributed by atoms with van der Waals surface area (Å²) in [7, 11) is 0. The van der Waals surface area contributed by atoms with E-state index in [1.165, 1.54) is 30.6 Å². The molecule has 4 rings (SSSR count). The number of aromatic nitrogens is 1. The topological polar surface area (TPSA) is 62.3 Å². The number of benzene rings is 1. The van der Waals surface area contributed by atoms with Gasteiger partial charge in [0.25, 0.3) is 5.91 Å². The Hall–Kier alpha value is -1.63. The highest BCUT2D eigenvalue weighted by Gasteiger charge is 2.38. The average molecular weight is 438 g/mol. The quantitative estimate of drug-likeness (QED) is 0.682. The Labute approximate surface area is 178 Å². The summed E-state index contributed by atoms with van der Waals surface area (Å²) >= 11 is 13.6. The van der Waals surface area contributed by atoms with Crippen molar-refractivity contribution in [3.05, 3.63) is 44.9 Å². The van der Waals surface area contributed by atoms with E-state index in [9.17, 15) is 9.59 Å². The van der Waals surface area contributed by atoms with Crippen LogP contribution >= 0.6 is 34.5 Å². The number of thiazole rings is 1. The first-order chi connectivity index (χ1) is 13.5. The summed E-state index contributed by atoms with van der Waals surface area (Å²) in [6.45, 7) is 0.369. The van der Waals surface area contributed by atoms with E-state index < -0.39 is 6.04 Å². The van der Waals surface area contributed by atoms with Crippen LogP contribution in [0, 0.1) is 5.92 Å². The molecule has 1 aromatic heterocycles. The summed E-state index contributed by atoms with van der Waals surface area (Å²) in [6, 6.07) is 2.80. The first-order valence-corrected chi connectivity index (χ1v) is 11.2. The van der Waals surface area contributed by atoms with Gasteiger partial charge in [0, 0.05) is 23.7 Å². The SMILES string of the molecule is O=C(Nc1nccs1)[C@H](CC1CCCCC1)N1Cc2cc(Cl)c(Cl)cc2C1=O. The molecule has 8 heteroatoms. The van der Waals surface area contributed by atoms with Crippen LogP contribution in [-0.2, 0) is 11.3 Å². The number of hydrogen-bond donors (Lipinski definition) is 1. The molecule has 0 bridgehead atoms. The van der Waals surface area contributed by atoms with Crippen molar-refractivity contribution in [2.45, 2.75) is 51.1 Å². The second-order valence-electron chi connectivity index (χ2n) is 7.44. The van der Waals surface area contributed by atoms with E-state index in [2.05, 4.69) is 10.3 Å². The molecule has 1 aliphatic carbocycles. The Morgan fingerprint density at radius 1 is 1.25 bits per heavy atom. The average Bonchev–Trinajstić information content (AvgIpc) is 3.30. The molecule has 2 amide bonds. The van der Waals surface area contributed by atoms with E-state index in [4.69, 9.17) is 23.2 Å². The molecule has 1 saturated carbocycles. The summed E-state index contributed by atoms with van der Waals surface area (Å²) in [5.74, 6) is 0.104. The van der Waals surface area contributed by atoms with Gasteiger partial charge in [0.1, 0.15) is 6.04 Å². The van der Waals surface area contributed by atoms with Gasteiger partial charge >= 0.3 is 0 Å². The molecule has 28 heavy (non-hydrogen) atoms. The van der Waals surface area contributed by atoms with Crippen LogP contribution in [0.3, 0.4) is 0 Å². The molecule has 1 fully saturated rings. The highest BCUT2D eigenvalue weighted by Crippen LogP contribution is 2.35. The molecule has 0 unspecified atom stereocenters. The van der Waals surface area contributed by atoms with Crippen LogP contribution in [0.25, 0.3) is 0 Å². The third kappa shape index (κ3) is 4.04. The molecule has 1 aromatic carbocycles. The van der Waals surface area contributed by atoms with E-state index in [0.717, 1.165) is 18.4 Å². The standard InChI is InChI=1S/C20H21Cl2N3O2S/c21-15-9-13-11-25(19(27)14(13)10-16(15)22)17(8-12-4-2-1-3-5-12)18(26)24-20-23-6-7-28-20/h6-7,9-10,12,17H,1-5,8,11H2,(H,23,24,26)/t17-/m0/s1. The number of hydrogen-bond acceptors (Lipinski definition) is 4. The minimum absolute atomic E-state index is 0.163. The van der Waals surface area contributed by atoms with Crippen molar-refractivity contribution in [3.63, 3.8) is 0 Å². The minimum atomic E-state index is -0.538. The number of nitrogens with zero attached hydrogens (tertiary/aromatic N) is 2. The molecule has 2 heterocycles. The van der Waals surface area contributed by atoms with Crippen molar-refractivity contribution in [2.24, 2.45) is 5.92 Å². The van der Waals surface area contributed by atoms with E-state index >= 15 is 0 Å². The molecule has 1 atom stereocenters. The molecule has 2 aromatic rings. The van der Waals surface area contributed by atoms with Gasteiger partial charge in [0.15, 0.2) is 5.13 Å². The van der Waals surface area contributed by atoms with Gasteiger partial charge < -0.3 is 10.2 Å². The zero-order valence-corrected chi connectivity index (χ0v) is 17.6. The Balaban J connectivity index is 1.59. The predicted molar refractivity (Wildman–Crippen MR) is 112 cm³/mol. The second-order valence-corrected chi connectivity index (χ2v) is 9.15. The number of anilines is 1. The second kappa shape index (κ2) is 8.39. The smallest absolute Gasteiger partial charge is 0.255 e. The van der Waals surface area contributed by atoms with E-state index in [1.54, 1.807) is 23.2 Å². The van der Waals surface area contributed by atoms with Gasteiger partial charge in [-0.2, -0.15) is 0 Å². The number of carbonyl (C=O) groups is 2. The molecule has 5 nitrogen and oxygen atoms in total. The van der Waals surface area contributed by atoms with Crippen molar-refractivity contribution in [1.82, 2.24) is 9.88 Å². The largest absolute Gasteiger partial charge is 0.322 e. The van der Waals surface area contributed by atoms with Gasteiger partial charge in [0.2, 0.25) is 5.91 Å². The molecule has 0 saturated heterocycles. The fourth-order valence-electron chi connectivity index (χ4n) is 4.17. The van der Waals surface area contributed by atoms with E-state index in [1.807, 2.05) is 5.38 Å². The maximum Gasteiger partial charge on any atom is 0.255 e. The first kappa shape index (κ1) is 19.7. The normalized spacial score (nSPS) is 18.2. The maximum absolute atomic E-state index is 13.1. The van der Waals surface area contributed by atoms with Gasteiger partial charge in [-0.1, -0.05) is 55.3 Å². The zero-order valence-electron chi connectivity index (χ0n) is 15.3. The molecule has 148 valence electrons. The highest BCUT2D eigenvalue weighted by molar-refractivity contribution is 7.13. The molecule has 0 radical (unpaired) electrons. The molecule has 2 aliphatic rings. The van der Waals surface area contributed by atoms with Crippen LogP contribution in [0.5, 0.6) is 0 Å². The van der Waals surface area contributed by atoms with Crippen LogP contribution in [0.4, 0.5) is 5.13 Å². The molecule has 1 N–H and O–H groups in total. The minimum Gasteiger partial charge on any atom is -0.322 e. The van der Waals surface area contributed by atoms with E-state index in [-0.39, 0.29) is 11.8 Å². The van der Waals surface area contributed by atoms with Crippen molar-refractivity contribution in [3.8, 4) is 0 Å². The Bertz CT molecular complexity index is 882. The summed E-state index contributed by atoms with van der Waals surface area (Å²) in [4.78, 5) is 32.0. The zero-order chi connectivity index (χ0) is 19.7. The van der Waals surface area contributed by atoms with Crippen LogP contribution in [0.1, 0.15) is 54.4 Å². The van der Waals surface area contributed by atoms with Crippen LogP contribution in [-0.4, -0.2) is 27.7 Å².